The highest BCUT2D eigenvalue weighted by molar-refractivity contribution is 7.88. The van der Waals surface area contributed by atoms with Crippen LogP contribution in [0.1, 0.15) is 0 Å². The van der Waals surface area contributed by atoms with Crippen LogP contribution in [0, 0.1) is 0 Å². The van der Waals surface area contributed by atoms with Gasteiger partial charge in [-0.2, -0.15) is 0 Å². The molecule has 12 heavy (non-hydrogen) atoms. The molecule has 0 rings (SSSR count). The number of hydrogen-bond donors (Lipinski definition) is 0. The van der Waals surface area contributed by atoms with Crippen LogP contribution in [0.3, 0.4) is 0 Å². The molecule has 0 saturated carbocycles. The van der Waals surface area contributed by atoms with Crippen molar-refractivity contribution < 1.29 is 30.7 Å². The van der Waals surface area contributed by atoms with E-state index in [9.17, 15) is 21.8 Å². The van der Waals surface area contributed by atoms with Gasteiger partial charge in [-0.3, -0.25) is 17.5 Å². The van der Waals surface area contributed by atoms with Crippen molar-refractivity contribution in [1.29, 1.82) is 0 Å². The van der Waals surface area contributed by atoms with Crippen molar-refractivity contribution in [2.45, 2.75) is 0 Å². The van der Waals surface area contributed by atoms with Crippen molar-refractivity contribution in [1.82, 2.24) is 0 Å². The zero-order valence-corrected chi connectivity index (χ0v) is 6.81. The molecule has 0 spiro atoms. The van der Waals surface area contributed by atoms with Crippen LogP contribution in [0.2, 0.25) is 0 Å². The van der Waals surface area contributed by atoms with Gasteiger partial charge in [-0.15, -0.1) is 0 Å². The van der Waals surface area contributed by atoms with Gasteiger partial charge in [-0.1, -0.05) is 0 Å². The van der Waals surface area contributed by atoms with Crippen molar-refractivity contribution in [3.8, 4) is 0 Å². The highest BCUT2D eigenvalue weighted by Crippen LogP contribution is 1.99. The molecule has 9 heteroatoms. The predicted molar refractivity (Wildman–Crippen MR) is 34.9 cm³/mol. The van der Waals surface area contributed by atoms with Crippen molar-refractivity contribution in [3.05, 3.63) is 0 Å². The molecule has 0 amide bonds. The molecule has 0 aliphatic carbocycles. The van der Waals surface area contributed by atoms with Crippen molar-refractivity contribution in [2.24, 2.45) is 0 Å². The fourth-order valence-corrected chi connectivity index (χ4v) is 1.04. The van der Waals surface area contributed by atoms with E-state index in [0.717, 1.165) is 7.11 Å². The molecule has 70 valence electrons. The summed E-state index contributed by atoms with van der Waals surface area (Å²) in [5.74, 6) is -2.37. The highest BCUT2D eigenvalue weighted by Gasteiger charge is 2.27. The van der Waals surface area contributed by atoms with Crippen LogP contribution in [-0.4, -0.2) is 34.7 Å². The standard InChI is InChI=1S/C3H5BF2O5S/c1-10-3(7)2-12(8,9)11-4(5)6/h2H2,1H3. The second kappa shape index (κ2) is 4.36. The largest absolute Gasteiger partial charge is 0.736 e. The average molecular weight is 202 g/mol. The molecule has 0 aromatic rings. The molecule has 0 saturated heterocycles. The first-order valence-corrected chi connectivity index (χ1v) is 4.21. The molecule has 0 bridgehead atoms. The third-order valence-electron chi connectivity index (χ3n) is 0.742. The van der Waals surface area contributed by atoms with Crippen LogP contribution in [0.5, 0.6) is 0 Å². The van der Waals surface area contributed by atoms with Crippen LogP contribution in [0.4, 0.5) is 8.63 Å². The molecule has 0 fully saturated rings. The Morgan fingerprint density at radius 3 is 2.33 bits per heavy atom. The van der Waals surface area contributed by atoms with Gasteiger partial charge in [0.2, 0.25) is 0 Å². The van der Waals surface area contributed by atoms with Crippen molar-refractivity contribution >= 4 is 23.6 Å². The van der Waals surface area contributed by atoms with E-state index in [1.807, 2.05) is 0 Å². The summed E-state index contributed by atoms with van der Waals surface area (Å²) in [6.07, 6.45) is 0. The number of carbonyl (C=O) groups excluding carboxylic acids is 1. The number of halogens is 2. The first-order valence-electron chi connectivity index (χ1n) is 2.63. The fraction of sp³-hybridized carbons (Fsp3) is 0.667. The zero-order chi connectivity index (χ0) is 9.78. The second-order valence-corrected chi connectivity index (χ2v) is 3.23. The average Bonchev–Trinajstić information content (AvgIpc) is 1.83. The fourth-order valence-electron chi connectivity index (χ4n) is 0.348. The lowest BCUT2D eigenvalue weighted by Gasteiger charge is -2.00. The van der Waals surface area contributed by atoms with E-state index in [1.165, 1.54) is 0 Å². The lowest BCUT2D eigenvalue weighted by atomic mass is 10.4. The molecule has 0 aromatic heterocycles. The summed E-state index contributed by atoms with van der Waals surface area (Å²) in [7, 11) is -7.04. The Labute approximate surface area is 68.0 Å². The van der Waals surface area contributed by atoms with Crippen molar-refractivity contribution in [2.75, 3.05) is 12.9 Å². The minimum atomic E-state index is -4.52. The summed E-state index contributed by atoms with van der Waals surface area (Å²) in [4.78, 5) is 10.3. The van der Waals surface area contributed by atoms with Crippen LogP contribution < -0.4 is 0 Å². The molecule has 0 heterocycles. The number of hydrogen-bond acceptors (Lipinski definition) is 5. The lowest BCUT2D eigenvalue weighted by molar-refractivity contribution is -0.137. The number of methoxy groups -OCH3 is 1. The Balaban J connectivity index is 4.15. The molecular weight excluding hydrogens is 197 g/mol. The minimum Gasteiger partial charge on any atom is -0.468 e. The number of carbonyl (C=O) groups is 1. The Hall–Kier alpha value is -0.695. The molecular formula is C3H5BF2O5S. The molecule has 0 unspecified atom stereocenters. The Kier molecular flexibility index (Phi) is 4.11. The smallest absolute Gasteiger partial charge is 0.468 e. The van der Waals surface area contributed by atoms with Gasteiger partial charge in [-0.05, 0) is 0 Å². The third kappa shape index (κ3) is 5.02. The quantitative estimate of drug-likeness (QED) is 0.450. The summed E-state index contributed by atoms with van der Waals surface area (Å²) >= 11 is 0. The SMILES string of the molecule is COC(=O)CS(=O)(=O)OB(F)F. The number of rotatable bonds is 4. The van der Waals surface area contributed by atoms with E-state index >= 15 is 0 Å². The van der Waals surface area contributed by atoms with E-state index < -0.39 is 29.3 Å². The van der Waals surface area contributed by atoms with Crippen LogP contribution in [0.15, 0.2) is 0 Å². The predicted octanol–water partition coefficient (Wildman–Crippen LogP) is -0.570. The van der Waals surface area contributed by atoms with Crippen LogP contribution >= 0.6 is 0 Å². The summed E-state index contributed by atoms with van der Waals surface area (Å²) in [5, 5.41) is 0. The Bertz CT molecular complexity index is 249. The Morgan fingerprint density at radius 1 is 1.50 bits per heavy atom. The maximum absolute atomic E-state index is 11.3. The Morgan fingerprint density at radius 2 is 2.00 bits per heavy atom. The normalized spacial score (nSPS) is 10.9. The highest BCUT2D eigenvalue weighted by atomic mass is 32.2. The molecule has 0 aliphatic heterocycles. The van der Waals surface area contributed by atoms with Gasteiger partial charge in [-0.25, -0.2) is 8.42 Å². The van der Waals surface area contributed by atoms with Crippen molar-refractivity contribution in [3.63, 3.8) is 0 Å². The van der Waals surface area contributed by atoms with Gasteiger partial charge in [0.15, 0.2) is 5.75 Å². The van der Waals surface area contributed by atoms with Gasteiger partial charge in [0.05, 0.1) is 7.11 Å². The molecule has 0 aromatic carbocycles. The van der Waals surface area contributed by atoms with E-state index in [4.69, 9.17) is 0 Å². The van der Waals surface area contributed by atoms with E-state index in [0.29, 0.717) is 0 Å². The molecule has 0 atom stereocenters. The first kappa shape index (κ1) is 11.3. The lowest BCUT2D eigenvalue weighted by Crippen LogP contribution is -2.23. The van der Waals surface area contributed by atoms with E-state index in [2.05, 4.69) is 8.84 Å². The van der Waals surface area contributed by atoms with E-state index in [-0.39, 0.29) is 0 Å². The monoisotopic (exact) mass is 202 g/mol. The maximum atomic E-state index is 11.3. The summed E-state index contributed by atoms with van der Waals surface area (Å²) < 4.78 is 50.5. The van der Waals surface area contributed by atoms with Gasteiger partial charge < -0.3 is 4.74 Å². The summed E-state index contributed by atoms with van der Waals surface area (Å²) in [6, 6.07) is 0. The summed E-state index contributed by atoms with van der Waals surface area (Å²) in [6.45, 7) is 0. The maximum Gasteiger partial charge on any atom is 0.736 e. The molecule has 0 aliphatic rings. The topological polar surface area (TPSA) is 69.7 Å². The van der Waals surface area contributed by atoms with Crippen LogP contribution in [-0.2, 0) is 23.8 Å². The first-order chi connectivity index (χ1) is 5.37. The minimum absolute atomic E-state index is 0.931. The molecule has 0 radical (unpaired) electrons. The number of ether oxygens (including phenoxy) is 1. The third-order valence-corrected chi connectivity index (χ3v) is 1.77. The van der Waals surface area contributed by atoms with Gasteiger partial charge in [0, 0.05) is 0 Å². The number of esters is 1. The van der Waals surface area contributed by atoms with Crippen LogP contribution in [0.25, 0.3) is 0 Å². The molecule has 0 N–H and O–H groups in total. The van der Waals surface area contributed by atoms with Gasteiger partial charge in [0.1, 0.15) is 0 Å². The zero-order valence-electron chi connectivity index (χ0n) is 5.99. The molecule has 5 nitrogen and oxygen atoms in total. The van der Waals surface area contributed by atoms with Gasteiger partial charge in [0.25, 0.3) is 10.1 Å². The summed E-state index contributed by atoms with van der Waals surface area (Å²) in [5.41, 5.74) is 0. The van der Waals surface area contributed by atoms with E-state index in [1.54, 1.807) is 0 Å². The van der Waals surface area contributed by atoms with Gasteiger partial charge >= 0.3 is 13.4 Å². The second-order valence-electron chi connectivity index (χ2n) is 1.64.